The van der Waals surface area contributed by atoms with Crippen molar-refractivity contribution in [2.24, 2.45) is 0 Å². The number of anilines is 1. The van der Waals surface area contributed by atoms with Crippen LogP contribution in [0.2, 0.25) is 0 Å². The molecule has 98 valence electrons. The molecule has 0 saturated carbocycles. The molecule has 0 saturated heterocycles. The Kier molecular flexibility index (Phi) is 3.76. The molecule has 6 nitrogen and oxygen atoms in total. The second-order valence-electron chi connectivity index (χ2n) is 3.76. The molecule has 0 aliphatic carbocycles. The first kappa shape index (κ1) is 13.0. The van der Waals surface area contributed by atoms with Crippen molar-refractivity contribution < 1.29 is 9.72 Å². The summed E-state index contributed by atoms with van der Waals surface area (Å²) < 4.78 is 0. The number of nitrogens with one attached hydrogen (secondary N) is 1. The second kappa shape index (κ2) is 5.49. The largest absolute Gasteiger partial charge is 0.393 e. The summed E-state index contributed by atoms with van der Waals surface area (Å²) in [5, 5.41) is 15.5. The van der Waals surface area contributed by atoms with Crippen LogP contribution in [0.1, 0.15) is 15.2 Å². The summed E-state index contributed by atoms with van der Waals surface area (Å²) in [4.78, 5) is 23.2. The van der Waals surface area contributed by atoms with Crippen LogP contribution in [0.15, 0.2) is 35.7 Å². The molecule has 0 unspecified atom stereocenters. The van der Waals surface area contributed by atoms with E-state index < -0.39 is 10.8 Å². The maximum Gasteiger partial charge on any atom is 0.304 e. The van der Waals surface area contributed by atoms with E-state index in [9.17, 15) is 14.9 Å². The number of nitrogens with zero attached hydrogens (tertiary/aromatic N) is 1. The van der Waals surface area contributed by atoms with Crippen LogP contribution in [0.25, 0.3) is 0 Å². The molecule has 0 radical (unpaired) electrons. The first-order valence-corrected chi connectivity index (χ1v) is 6.31. The van der Waals surface area contributed by atoms with E-state index in [1.807, 2.05) is 17.5 Å². The first-order chi connectivity index (χ1) is 9.09. The Labute approximate surface area is 113 Å². The summed E-state index contributed by atoms with van der Waals surface area (Å²) in [6.07, 6.45) is 0. The molecule has 7 heteroatoms. The van der Waals surface area contributed by atoms with Crippen molar-refractivity contribution in [1.82, 2.24) is 5.32 Å². The third kappa shape index (κ3) is 2.89. The zero-order valence-corrected chi connectivity index (χ0v) is 10.6. The van der Waals surface area contributed by atoms with E-state index in [2.05, 4.69) is 5.32 Å². The zero-order valence-electron chi connectivity index (χ0n) is 9.83. The van der Waals surface area contributed by atoms with E-state index in [-0.39, 0.29) is 16.9 Å². The minimum Gasteiger partial charge on any atom is -0.393 e. The number of carbonyl (C=O) groups is 1. The molecule has 1 aromatic heterocycles. The number of amides is 1. The number of para-hydroxylation sites is 1. The van der Waals surface area contributed by atoms with E-state index in [4.69, 9.17) is 5.73 Å². The fraction of sp³-hybridized carbons (Fsp3) is 0.0833. The van der Waals surface area contributed by atoms with Gasteiger partial charge in [0.25, 0.3) is 5.91 Å². The number of rotatable bonds is 4. The highest BCUT2D eigenvalue weighted by Gasteiger charge is 2.22. The Balaban J connectivity index is 2.19. The van der Waals surface area contributed by atoms with Gasteiger partial charge < -0.3 is 11.1 Å². The van der Waals surface area contributed by atoms with Crippen molar-refractivity contribution in [2.45, 2.75) is 6.54 Å². The van der Waals surface area contributed by atoms with E-state index in [1.165, 1.54) is 29.5 Å². The van der Waals surface area contributed by atoms with Gasteiger partial charge in [-0.25, -0.2) is 0 Å². The molecule has 0 spiro atoms. The van der Waals surface area contributed by atoms with E-state index in [0.717, 1.165) is 4.88 Å². The predicted octanol–water partition coefficient (Wildman–Crippen LogP) is 2.17. The maximum atomic E-state index is 12.0. The SMILES string of the molecule is Nc1cccc(C(=O)NCc2cccs2)c1[N+](=O)[O-]. The van der Waals surface area contributed by atoms with Crippen LogP contribution in [0.5, 0.6) is 0 Å². The summed E-state index contributed by atoms with van der Waals surface area (Å²) in [5.41, 5.74) is 5.13. The van der Waals surface area contributed by atoms with Crippen LogP contribution in [0, 0.1) is 10.1 Å². The normalized spacial score (nSPS) is 10.1. The van der Waals surface area contributed by atoms with Crippen LogP contribution >= 0.6 is 11.3 Å². The Morgan fingerprint density at radius 3 is 2.79 bits per heavy atom. The number of nitrogens with two attached hydrogens (primary N) is 1. The third-order valence-electron chi connectivity index (χ3n) is 2.50. The average molecular weight is 277 g/mol. The number of nitro benzene ring substituents is 1. The smallest absolute Gasteiger partial charge is 0.304 e. The highest BCUT2D eigenvalue weighted by Crippen LogP contribution is 2.25. The number of hydrogen-bond donors (Lipinski definition) is 2. The van der Waals surface area contributed by atoms with Gasteiger partial charge in [-0.05, 0) is 23.6 Å². The number of carbonyl (C=O) groups excluding carboxylic acids is 1. The molecule has 0 atom stereocenters. The van der Waals surface area contributed by atoms with Gasteiger partial charge in [-0.1, -0.05) is 12.1 Å². The van der Waals surface area contributed by atoms with Crippen LogP contribution in [0.4, 0.5) is 11.4 Å². The molecule has 19 heavy (non-hydrogen) atoms. The molecular weight excluding hydrogens is 266 g/mol. The first-order valence-electron chi connectivity index (χ1n) is 5.43. The van der Waals surface area contributed by atoms with Crippen molar-refractivity contribution in [3.05, 3.63) is 56.3 Å². The van der Waals surface area contributed by atoms with Gasteiger partial charge in [0.2, 0.25) is 0 Å². The predicted molar refractivity (Wildman–Crippen MR) is 73.0 cm³/mol. The van der Waals surface area contributed by atoms with E-state index in [0.29, 0.717) is 6.54 Å². The zero-order chi connectivity index (χ0) is 13.8. The molecule has 0 aliphatic heterocycles. The lowest BCUT2D eigenvalue weighted by atomic mass is 10.1. The van der Waals surface area contributed by atoms with Gasteiger partial charge in [0.15, 0.2) is 0 Å². The van der Waals surface area contributed by atoms with Crippen molar-refractivity contribution >= 4 is 28.6 Å². The maximum absolute atomic E-state index is 12.0. The Morgan fingerprint density at radius 2 is 2.16 bits per heavy atom. The summed E-state index contributed by atoms with van der Waals surface area (Å²) in [6, 6.07) is 8.04. The summed E-state index contributed by atoms with van der Waals surface area (Å²) in [6.45, 7) is 0.336. The van der Waals surface area contributed by atoms with Crippen molar-refractivity contribution in [2.75, 3.05) is 5.73 Å². The molecule has 0 fully saturated rings. The monoisotopic (exact) mass is 277 g/mol. The molecule has 0 bridgehead atoms. The summed E-state index contributed by atoms with van der Waals surface area (Å²) in [7, 11) is 0. The van der Waals surface area contributed by atoms with Crippen molar-refractivity contribution in [1.29, 1.82) is 0 Å². The minimum absolute atomic E-state index is 0.0197. The van der Waals surface area contributed by atoms with Crippen LogP contribution in [-0.2, 0) is 6.54 Å². The van der Waals surface area contributed by atoms with Crippen molar-refractivity contribution in [3.8, 4) is 0 Å². The topological polar surface area (TPSA) is 98.3 Å². The van der Waals surface area contributed by atoms with Gasteiger partial charge in [0.1, 0.15) is 11.3 Å². The lowest BCUT2D eigenvalue weighted by Gasteiger charge is -2.06. The molecular formula is C12H11N3O3S. The van der Waals surface area contributed by atoms with Crippen molar-refractivity contribution in [3.63, 3.8) is 0 Å². The molecule has 3 N–H and O–H groups in total. The van der Waals surface area contributed by atoms with Gasteiger partial charge in [0.05, 0.1) is 11.5 Å². The second-order valence-corrected chi connectivity index (χ2v) is 4.79. The van der Waals surface area contributed by atoms with E-state index in [1.54, 1.807) is 0 Å². The van der Waals surface area contributed by atoms with Crippen LogP contribution in [0.3, 0.4) is 0 Å². The highest BCUT2D eigenvalue weighted by molar-refractivity contribution is 7.09. The molecule has 1 aromatic carbocycles. The summed E-state index contributed by atoms with van der Waals surface area (Å²) >= 11 is 1.50. The molecule has 2 aromatic rings. The molecule has 2 rings (SSSR count). The molecule has 0 aliphatic rings. The number of hydrogen-bond acceptors (Lipinski definition) is 5. The van der Waals surface area contributed by atoms with Gasteiger partial charge in [-0.2, -0.15) is 0 Å². The third-order valence-corrected chi connectivity index (χ3v) is 3.37. The lowest BCUT2D eigenvalue weighted by Crippen LogP contribution is -2.23. The number of benzene rings is 1. The minimum atomic E-state index is -0.643. The van der Waals surface area contributed by atoms with Gasteiger partial charge in [-0.15, -0.1) is 11.3 Å². The molecule has 1 heterocycles. The number of nitrogen functional groups attached to an aromatic ring is 1. The Hall–Kier alpha value is -2.41. The van der Waals surface area contributed by atoms with Crippen LogP contribution < -0.4 is 11.1 Å². The van der Waals surface area contributed by atoms with Gasteiger partial charge >= 0.3 is 5.69 Å². The van der Waals surface area contributed by atoms with E-state index >= 15 is 0 Å². The standard InChI is InChI=1S/C12H11N3O3S/c13-10-5-1-4-9(11(10)15(17)18)12(16)14-7-8-3-2-6-19-8/h1-6H,7,13H2,(H,14,16). The quantitative estimate of drug-likeness (QED) is 0.508. The molecule has 1 amide bonds. The highest BCUT2D eigenvalue weighted by atomic mass is 32.1. The van der Waals surface area contributed by atoms with Gasteiger partial charge in [0, 0.05) is 4.88 Å². The van der Waals surface area contributed by atoms with Crippen LogP contribution in [-0.4, -0.2) is 10.8 Å². The fourth-order valence-corrected chi connectivity index (χ4v) is 2.27. The summed E-state index contributed by atoms with van der Waals surface area (Å²) in [5.74, 6) is -0.507. The Bertz CT molecular complexity index is 611. The number of thiophene rings is 1. The van der Waals surface area contributed by atoms with Gasteiger partial charge in [-0.3, -0.25) is 14.9 Å². The Morgan fingerprint density at radius 1 is 1.37 bits per heavy atom. The average Bonchev–Trinajstić information content (AvgIpc) is 2.88. The fourth-order valence-electron chi connectivity index (χ4n) is 1.62. The lowest BCUT2D eigenvalue weighted by molar-refractivity contribution is -0.384. The number of nitro groups is 1.